The van der Waals surface area contributed by atoms with Gasteiger partial charge in [0.2, 0.25) is 0 Å². The molecule has 0 saturated carbocycles. The van der Waals surface area contributed by atoms with E-state index in [-0.39, 0.29) is 0 Å². The molecule has 72 valence electrons. The van der Waals surface area contributed by atoms with E-state index in [1.54, 1.807) is 0 Å². The molecule has 1 N–H and O–H groups in total. The highest BCUT2D eigenvalue weighted by Gasteiger charge is 2.05. The molecule has 0 atom stereocenters. The summed E-state index contributed by atoms with van der Waals surface area (Å²) in [5.41, 5.74) is 4.00. The molecular formula is C12H12BrN. The van der Waals surface area contributed by atoms with Gasteiger partial charge in [-0.2, -0.15) is 0 Å². The highest BCUT2D eigenvalue weighted by atomic mass is 79.9. The van der Waals surface area contributed by atoms with E-state index >= 15 is 0 Å². The molecule has 0 bridgehead atoms. The zero-order chi connectivity index (χ0) is 9.97. The molecule has 0 unspecified atom stereocenters. The Labute approximate surface area is 92.7 Å². The fourth-order valence-electron chi connectivity index (χ4n) is 1.54. The van der Waals surface area contributed by atoms with Crippen LogP contribution >= 0.6 is 15.9 Å². The molecule has 0 aromatic heterocycles. The standard InChI is InChI=1S/C12H12BrN/c1-9-6-11(8-14-7-9)10-2-4-12(13)5-3-10/h2-5,7-8,14H,6H2,1H3. The molecular weight excluding hydrogens is 238 g/mol. The third-order valence-corrected chi connectivity index (χ3v) is 2.80. The Morgan fingerprint density at radius 3 is 2.50 bits per heavy atom. The summed E-state index contributed by atoms with van der Waals surface area (Å²) in [6.45, 7) is 2.14. The fourth-order valence-corrected chi connectivity index (χ4v) is 1.80. The first-order valence-corrected chi connectivity index (χ1v) is 5.42. The van der Waals surface area contributed by atoms with E-state index < -0.39 is 0 Å². The lowest BCUT2D eigenvalue weighted by molar-refractivity contribution is 1.05. The summed E-state index contributed by atoms with van der Waals surface area (Å²) in [5, 5.41) is 3.16. The molecule has 1 aliphatic rings. The minimum atomic E-state index is 1.04. The van der Waals surface area contributed by atoms with E-state index in [1.165, 1.54) is 16.7 Å². The fraction of sp³-hybridized carbons (Fsp3) is 0.167. The highest BCUT2D eigenvalue weighted by molar-refractivity contribution is 9.10. The molecule has 0 aliphatic carbocycles. The Bertz CT molecular complexity index is 387. The molecule has 0 spiro atoms. The van der Waals surface area contributed by atoms with Crippen LogP contribution in [0.1, 0.15) is 18.9 Å². The van der Waals surface area contributed by atoms with Crippen LogP contribution in [0.5, 0.6) is 0 Å². The molecule has 1 aromatic carbocycles. The number of allylic oxidation sites excluding steroid dienone is 2. The lowest BCUT2D eigenvalue weighted by Gasteiger charge is -2.13. The maximum Gasteiger partial charge on any atom is 0.0175 e. The van der Waals surface area contributed by atoms with Gasteiger partial charge in [-0.05, 0) is 42.8 Å². The third-order valence-electron chi connectivity index (χ3n) is 2.27. The third kappa shape index (κ3) is 2.07. The molecule has 2 heteroatoms. The molecule has 1 aliphatic heterocycles. The summed E-state index contributed by atoms with van der Waals surface area (Å²) in [7, 11) is 0. The van der Waals surface area contributed by atoms with Crippen LogP contribution in [-0.2, 0) is 0 Å². The lowest BCUT2D eigenvalue weighted by Crippen LogP contribution is -2.03. The number of halogens is 1. The molecule has 0 amide bonds. The van der Waals surface area contributed by atoms with Crippen molar-refractivity contribution >= 4 is 21.5 Å². The monoisotopic (exact) mass is 249 g/mol. The molecule has 2 rings (SSSR count). The largest absolute Gasteiger partial charge is 0.367 e. The predicted molar refractivity (Wildman–Crippen MR) is 63.6 cm³/mol. The first-order chi connectivity index (χ1) is 6.75. The first-order valence-electron chi connectivity index (χ1n) is 4.62. The van der Waals surface area contributed by atoms with E-state index in [4.69, 9.17) is 0 Å². The van der Waals surface area contributed by atoms with Crippen molar-refractivity contribution in [3.05, 3.63) is 52.3 Å². The van der Waals surface area contributed by atoms with Crippen molar-refractivity contribution in [1.29, 1.82) is 0 Å². The summed E-state index contributed by atoms with van der Waals surface area (Å²) in [4.78, 5) is 0. The van der Waals surface area contributed by atoms with Gasteiger partial charge in [-0.1, -0.05) is 33.6 Å². The van der Waals surface area contributed by atoms with Crippen LogP contribution in [0.3, 0.4) is 0 Å². The summed E-state index contributed by atoms with van der Waals surface area (Å²) in [6, 6.07) is 8.42. The smallest absolute Gasteiger partial charge is 0.0175 e. The van der Waals surface area contributed by atoms with Gasteiger partial charge in [0.25, 0.3) is 0 Å². The van der Waals surface area contributed by atoms with Gasteiger partial charge in [-0.25, -0.2) is 0 Å². The van der Waals surface area contributed by atoms with Crippen molar-refractivity contribution in [2.75, 3.05) is 0 Å². The van der Waals surface area contributed by atoms with Gasteiger partial charge in [0.05, 0.1) is 0 Å². The SMILES string of the molecule is CC1=CNC=C(c2ccc(Br)cc2)C1. The predicted octanol–water partition coefficient (Wildman–Crippen LogP) is 3.69. The van der Waals surface area contributed by atoms with Crippen LogP contribution < -0.4 is 5.32 Å². The summed E-state index contributed by atoms with van der Waals surface area (Å²) in [6.07, 6.45) is 5.15. The van der Waals surface area contributed by atoms with Gasteiger partial charge in [0.15, 0.2) is 0 Å². The number of dihydropyridines is 1. The van der Waals surface area contributed by atoms with Crippen molar-refractivity contribution < 1.29 is 0 Å². The minimum absolute atomic E-state index is 1.04. The molecule has 1 nitrogen and oxygen atoms in total. The van der Waals surface area contributed by atoms with E-state index in [2.05, 4.69) is 58.6 Å². The summed E-state index contributed by atoms with van der Waals surface area (Å²) >= 11 is 3.43. The molecule has 0 fully saturated rings. The van der Waals surface area contributed by atoms with Crippen LogP contribution in [0, 0.1) is 0 Å². The van der Waals surface area contributed by atoms with E-state index in [0.717, 1.165) is 10.9 Å². The zero-order valence-corrected chi connectivity index (χ0v) is 9.64. The van der Waals surface area contributed by atoms with Gasteiger partial charge < -0.3 is 5.32 Å². The zero-order valence-electron chi connectivity index (χ0n) is 8.05. The summed E-state index contributed by atoms with van der Waals surface area (Å²) < 4.78 is 1.12. The van der Waals surface area contributed by atoms with Crippen molar-refractivity contribution in [3.63, 3.8) is 0 Å². The van der Waals surface area contributed by atoms with E-state index in [9.17, 15) is 0 Å². The number of nitrogens with one attached hydrogen (secondary N) is 1. The average Bonchev–Trinajstić information content (AvgIpc) is 2.19. The van der Waals surface area contributed by atoms with Gasteiger partial charge in [0, 0.05) is 10.7 Å². The molecule has 1 heterocycles. The molecule has 14 heavy (non-hydrogen) atoms. The van der Waals surface area contributed by atoms with Crippen LogP contribution in [0.2, 0.25) is 0 Å². The summed E-state index contributed by atoms with van der Waals surface area (Å²) in [5.74, 6) is 0. The van der Waals surface area contributed by atoms with E-state index in [0.29, 0.717) is 0 Å². The minimum Gasteiger partial charge on any atom is -0.367 e. The maximum absolute atomic E-state index is 3.43. The second-order valence-electron chi connectivity index (χ2n) is 3.51. The Morgan fingerprint density at radius 2 is 1.86 bits per heavy atom. The average molecular weight is 250 g/mol. The topological polar surface area (TPSA) is 12.0 Å². The Balaban J connectivity index is 2.24. The van der Waals surface area contributed by atoms with Gasteiger partial charge in [0.1, 0.15) is 0 Å². The normalized spacial score (nSPS) is 15.6. The van der Waals surface area contributed by atoms with Crippen molar-refractivity contribution in [3.8, 4) is 0 Å². The number of rotatable bonds is 1. The molecule has 0 saturated heterocycles. The second kappa shape index (κ2) is 4.01. The quantitative estimate of drug-likeness (QED) is 0.801. The Hall–Kier alpha value is -1.02. The van der Waals surface area contributed by atoms with Crippen molar-refractivity contribution in [1.82, 2.24) is 5.32 Å². The Morgan fingerprint density at radius 1 is 1.14 bits per heavy atom. The maximum atomic E-state index is 3.43. The van der Waals surface area contributed by atoms with Crippen molar-refractivity contribution in [2.45, 2.75) is 13.3 Å². The number of hydrogen-bond acceptors (Lipinski definition) is 1. The van der Waals surface area contributed by atoms with Gasteiger partial charge in [-0.3, -0.25) is 0 Å². The molecule has 1 aromatic rings. The lowest BCUT2D eigenvalue weighted by atomic mass is 9.99. The Kier molecular flexibility index (Phi) is 2.73. The van der Waals surface area contributed by atoms with Crippen LogP contribution in [0.4, 0.5) is 0 Å². The van der Waals surface area contributed by atoms with Gasteiger partial charge >= 0.3 is 0 Å². The van der Waals surface area contributed by atoms with Crippen molar-refractivity contribution in [2.24, 2.45) is 0 Å². The van der Waals surface area contributed by atoms with Crippen LogP contribution in [-0.4, -0.2) is 0 Å². The van der Waals surface area contributed by atoms with Crippen LogP contribution in [0.25, 0.3) is 5.57 Å². The first kappa shape index (κ1) is 9.53. The molecule has 0 radical (unpaired) electrons. The van der Waals surface area contributed by atoms with E-state index in [1.807, 2.05) is 6.20 Å². The van der Waals surface area contributed by atoms with Crippen LogP contribution in [0.15, 0.2) is 46.7 Å². The number of hydrogen-bond donors (Lipinski definition) is 1. The van der Waals surface area contributed by atoms with Gasteiger partial charge in [-0.15, -0.1) is 0 Å². The highest BCUT2D eigenvalue weighted by Crippen LogP contribution is 2.24. The second-order valence-corrected chi connectivity index (χ2v) is 4.43. The number of benzene rings is 1.